The molecule has 5 rings (SSSR count). The molecule has 5 N–H and O–H groups in total. The average Bonchev–Trinajstić information content (AvgIpc) is 3.18. The third-order valence-electron chi connectivity index (χ3n) is 5.38. The number of fused-ring (bicyclic) bond motifs is 1. The Hall–Kier alpha value is -4.53. The van der Waals surface area contributed by atoms with Crippen LogP contribution in [-0.4, -0.2) is 24.9 Å². The monoisotopic (exact) mass is 441 g/mol. The number of benzene rings is 2. The lowest BCUT2D eigenvalue weighted by Gasteiger charge is -2.10. The maximum absolute atomic E-state index is 15.1. The number of hydrogen-bond acceptors (Lipinski definition) is 7. The first-order valence-electron chi connectivity index (χ1n) is 10.2. The third kappa shape index (κ3) is 3.69. The van der Waals surface area contributed by atoms with Crippen molar-refractivity contribution in [3.8, 4) is 34.1 Å². The Kier molecular flexibility index (Phi) is 4.86. The Bertz CT molecular complexity index is 1510. The van der Waals surface area contributed by atoms with Crippen LogP contribution < -0.4 is 16.2 Å². The molecule has 0 saturated carbocycles. The average molecular weight is 441 g/mol. The van der Waals surface area contributed by atoms with E-state index in [0.717, 1.165) is 11.1 Å². The summed E-state index contributed by atoms with van der Waals surface area (Å²) in [5.41, 5.74) is 18.0. The van der Waals surface area contributed by atoms with Gasteiger partial charge in [0.05, 0.1) is 11.1 Å². The summed E-state index contributed by atoms with van der Waals surface area (Å²) < 4.78 is 20.7. The Morgan fingerprint density at radius 2 is 1.76 bits per heavy atom. The lowest BCUT2D eigenvalue weighted by atomic mass is 9.97. The van der Waals surface area contributed by atoms with Crippen molar-refractivity contribution in [2.75, 3.05) is 11.5 Å². The van der Waals surface area contributed by atoms with Crippen LogP contribution in [0.4, 0.5) is 15.9 Å². The Balaban J connectivity index is 1.66. The topological polar surface area (TPSA) is 129 Å². The molecule has 3 heterocycles. The van der Waals surface area contributed by atoms with E-state index in [1.165, 1.54) is 18.5 Å². The number of anilines is 2. The number of H-pyrrole nitrogens is 1. The maximum atomic E-state index is 15.1. The van der Waals surface area contributed by atoms with Crippen LogP contribution in [0.5, 0.6) is 11.8 Å². The van der Waals surface area contributed by atoms with Gasteiger partial charge in [-0.2, -0.15) is 0 Å². The van der Waals surface area contributed by atoms with Crippen LogP contribution in [0.25, 0.3) is 33.4 Å². The number of aromatic nitrogens is 5. The number of nitrogens with one attached hydrogen (secondary N) is 1. The van der Waals surface area contributed by atoms with Crippen molar-refractivity contribution >= 4 is 22.5 Å². The van der Waals surface area contributed by atoms with Gasteiger partial charge in [-0.15, -0.1) is 0 Å². The number of ether oxygens (including phenoxy) is 1. The molecule has 2 aromatic carbocycles. The molecule has 0 bridgehead atoms. The van der Waals surface area contributed by atoms with Gasteiger partial charge in [-0.3, -0.25) is 0 Å². The van der Waals surface area contributed by atoms with Crippen LogP contribution in [0, 0.1) is 19.7 Å². The zero-order valence-electron chi connectivity index (χ0n) is 17.9. The highest BCUT2D eigenvalue weighted by atomic mass is 19.1. The van der Waals surface area contributed by atoms with E-state index < -0.39 is 5.82 Å². The fourth-order valence-corrected chi connectivity index (χ4v) is 3.66. The molecule has 164 valence electrons. The summed E-state index contributed by atoms with van der Waals surface area (Å²) in [6.45, 7) is 3.73. The van der Waals surface area contributed by atoms with Crippen molar-refractivity contribution in [2.24, 2.45) is 0 Å². The molecule has 0 aliphatic carbocycles. The number of aryl methyl sites for hydroxylation is 2. The van der Waals surface area contributed by atoms with Crippen molar-refractivity contribution in [3.05, 3.63) is 72.1 Å². The van der Waals surface area contributed by atoms with Crippen LogP contribution >= 0.6 is 0 Å². The van der Waals surface area contributed by atoms with E-state index in [4.69, 9.17) is 16.2 Å². The van der Waals surface area contributed by atoms with Gasteiger partial charge < -0.3 is 21.2 Å². The van der Waals surface area contributed by atoms with Crippen LogP contribution in [0.3, 0.4) is 0 Å². The molecule has 0 atom stereocenters. The summed E-state index contributed by atoms with van der Waals surface area (Å²) in [6, 6.07) is 12.2. The molecule has 0 spiro atoms. The molecule has 0 aliphatic heterocycles. The summed E-state index contributed by atoms with van der Waals surface area (Å²) >= 11 is 0. The fourth-order valence-electron chi connectivity index (χ4n) is 3.66. The van der Waals surface area contributed by atoms with E-state index in [-0.39, 0.29) is 17.6 Å². The van der Waals surface area contributed by atoms with Gasteiger partial charge in [0.1, 0.15) is 17.8 Å². The zero-order chi connectivity index (χ0) is 23.1. The second kappa shape index (κ2) is 7.86. The first kappa shape index (κ1) is 20.4. The minimum atomic E-state index is -0.572. The highest BCUT2D eigenvalue weighted by Gasteiger charge is 2.20. The van der Waals surface area contributed by atoms with E-state index in [1.54, 1.807) is 25.3 Å². The molecular weight excluding hydrogens is 421 g/mol. The molecule has 9 heteroatoms. The number of nitrogens with two attached hydrogens (primary N) is 2. The Morgan fingerprint density at radius 1 is 0.939 bits per heavy atom. The van der Waals surface area contributed by atoms with E-state index in [9.17, 15) is 0 Å². The molecule has 33 heavy (non-hydrogen) atoms. The van der Waals surface area contributed by atoms with Crippen LogP contribution in [0.1, 0.15) is 11.3 Å². The molecule has 0 fully saturated rings. The zero-order valence-corrected chi connectivity index (χ0v) is 17.9. The van der Waals surface area contributed by atoms with Gasteiger partial charge in [0.15, 0.2) is 11.6 Å². The molecule has 0 amide bonds. The largest absolute Gasteiger partial charge is 0.421 e. The minimum Gasteiger partial charge on any atom is -0.421 e. The maximum Gasteiger partial charge on any atom is 0.322 e. The van der Waals surface area contributed by atoms with Gasteiger partial charge in [0.2, 0.25) is 0 Å². The van der Waals surface area contributed by atoms with Gasteiger partial charge >= 0.3 is 6.01 Å². The second-order valence-electron chi connectivity index (χ2n) is 7.66. The van der Waals surface area contributed by atoms with Crippen molar-refractivity contribution in [1.29, 1.82) is 0 Å². The summed E-state index contributed by atoms with van der Waals surface area (Å²) in [4.78, 5) is 19.9. The predicted molar refractivity (Wildman–Crippen MR) is 125 cm³/mol. The summed E-state index contributed by atoms with van der Waals surface area (Å²) in [6.07, 6.45) is 2.93. The first-order chi connectivity index (χ1) is 15.9. The van der Waals surface area contributed by atoms with Gasteiger partial charge in [-0.1, -0.05) is 18.2 Å². The van der Waals surface area contributed by atoms with Crippen molar-refractivity contribution in [2.45, 2.75) is 13.8 Å². The van der Waals surface area contributed by atoms with Crippen LogP contribution in [0.15, 0.2) is 55.0 Å². The summed E-state index contributed by atoms with van der Waals surface area (Å²) in [5, 5.41) is 0.599. The lowest BCUT2D eigenvalue weighted by molar-refractivity contribution is 0.410. The molecule has 0 saturated heterocycles. The van der Waals surface area contributed by atoms with Crippen molar-refractivity contribution in [3.63, 3.8) is 0 Å². The predicted octanol–water partition coefficient (Wildman–Crippen LogP) is 4.79. The molecule has 8 nitrogen and oxygen atoms in total. The van der Waals surface area contributed by atoms with Crippen LogP contribution in [0.2, 0.25) is 0 Å². The fraction of sp³-hybridized carbons (Fsp3) is 0.0833. The smallest absolute Gasteiger partial charge is 0.322 e. The lowest BCUT2D eigenvalue weighted by Crippen LogP contribution is -1.96. The molecule has 0 aliphatic rings. The molecule has 3 aromatic heterocycles. The number of halogens is 1. The standard InChI is InChI=1S/C24H20FN7O/c1-12-3-4-15(10-17(12)26)21-19(20-22(27)29-11-30-23(20)32-21)14-5-6-18(16(25)9-14)33-24-28-8-7-13(2)31-24/h3-11H,26H2,1-2H3,(H3,27,29,30,32). The van der Waals surface area contributed by atoms with Crippen molar-refractivity contribution in [1.82, 2.24) is 24.9 Å². The highest BCUT2D eigenvalue weighted by molar-refractivity contribution is 6.07. The molecule has 0 unspecified atom stereocenters. The van der Waals surface area contributed by atoms with Crippen LogP contribution in [-0.2, 0) is 0 Å². The quantitative estimate of drug-likeness (QED) is 0.342. The normalized spacial score (nSPS) is 11.1. The van der Waals surface area contributed by atoms with Gasteiger partial charge in [0.25, 0.3) is 0 Å². The summed E-state index contributed by atoms with van der Waals surface area (Å²) in [7, 11) is 0. The van der Waals surface area contributed by atoms with Gasteiger partial charge in [0, 0.05) is 28.7 Å². The second-order valence-corrected chi connectivity index (χ2v) is 7.66. The van der Waals surface area contributed by atoms with E-state index in [1.807, 2.05) is 25.1 Å². The SMILES string of the molecule is Cc1ccnc(Oc2ccc(-c3c(-c4ccc(C)c(N)c4)[nH]c4ncnc(N)c34)cc2F)n1. The van der Waals surface area contributed by atoms with E-state index in [0.29, 0.717) is 39.2 Å². The van der Waals surface area contributed by atoms with Gasteiger partial charge in [-0.05, 0) is 49.2 Å². The van der Waals surface area contributed by atoms with E-state index >= 15 is 4.39 Å². The van der Waals surface area contributed by atoms with Gasteiger partial charge in [-0.25, -0.2) is 24.3 Å². The highest BCUT2D eigenvalue weighted by Crippen LogP contribution is 2.41. The van der Waals surface area contributed by atoms with Crippen molar-refractivity contribution < 1.29 is 9.13 Å². The Morgan fingerprint density at radius 3 is 2.52 bits per heavy atom. The summed E-state index contributed by atoms with van der Waals surface area (Å²) in [5.74, 6) is -0.280. The van der Waals surface area contributed by atoms with E-state index in [2.05, 4.69) is 24.9 Å². The number of aromatic amines is 1. The minimum absolute atomic E-state index is 0.00884. The molecular formula is C24H20FN7O. The number of rotatable bonds is 4. The third-order valence-corrected chi connectivity index (χ3v) is 5.38. The first-order valence-corrected chi connectivity index (χ1v) is 10.2. The number of hydrogen-bond donors (Lipinski definition) is 3. The Labute approximate surface area is 188 Å². The molecule has 0 radical (unpaired) electrons. The number of nitrogens with zero attached hydrogens (tertiary/aromatic N) is 4. The molecule has 5 aromatic rings. The number of nitrogen functional groups attached to an aromatic ring is 2.